The zero-order valence-corrected chi connectivity index (χ0v) is 15.9. The molecular weight excluding hydrogens is 395 g/mol. The third kappa shape index (κ3) is 4.26. The van der Waals surface area contributed by atoms with E-state index in [-0.39, 0.29) is 52.1 Å². The number of nitro benzene ring substituents is 1. The van der Waals surface area contributed by atoms with Crippen LogP contribution in [0, 0.1) is 21.4 Å². The van der Waals surface area contributed by atoms with Gasteiger partial charge in [0.2, 0.25) is 5.91 Å². The molecule has 0 aromatic heterocycles. The second-order valence-electron chi connectivity index (χ2n) is 6.61. The number of nitriles is 1. The van der Waals surface area contributed by atoms with Gasteiger partial charge in [-0.3, -0.25) is 20.2 Å². The van der Waals surface area contributed by atoms with E-state index in [2.05, 4.69) is 11.4 Å². The van der Waals surface area contributed by atoms with E-state index in [1.807, 2.05) is 0 Å². The zero-order chi connectivity index (χ0) is 19.6. The molecule has 0 spiro atoms. The van der Waals surface area contributed by atoms with Gasteiger partial charge in [0.25, 0.3) is 5.69 Å². The number of nitrogens with zero attached hydrogens (tertiary/aromatic N) is 3. The molecule has 3 rings (SSSR count). The molecule has 2 aliphatic heterocycles. The minimum atomic E-state index is -0.601. The summed E-state index contributed by atoms with van der Waals surface area (Å²) in [4.78, 5) is 24.6. The molecule has 1 aromatic rings. The average molecular weight is 413 g/mol. The predicted molar refractivity (Wildman–Crippen MR) is 98.9 cm³/mol. The van der Waals surface area contributed by atoms with Crippen molar-refractivity contribution in [3.05, 3.63) is 32.3 Å². The first kappa shape index (κ1) is 19.7. The number of amides is 1. The monoisotopic (exact) mass is 412 g/mol. The summed E-state index contributed by atoms with van der Waals surface area (Å²) < 4.78 is 5.63. The highest BCUT2D eigenvalue weighted by Crippen LogP contribution is 2.35. The first-order valence-corrected chi connectivity index (χ1v) is 9.38. The van der Waals surface area contributed by atoms with E-state index in [0.29, 0.717) is 13.0 Å². The van der Waals surface area contributed by atoms with Crippen molar-refractivity contribution in [3.63, 3.8) is 0 Å². The molecule has 0 saturated carbocycles. The van der Waals surface area contributed by atoms with Gasteiger partial charge in [-0.15, -0.1) is 0 Å². The van der Waals surface area contributed by atoms with Crippen LogP contribution in [-0.4, -0.2) is 47.0 Å². The van der Waals surface area contributed by atoms with Crippen molar-refractivity contribution in [1.82, 2.24) is 10.2 Å². The topological polar surface area (TPSA) is 108 Å². The number of nitrogens with one attached hydrogen (secondary N) is 1. The molecule has 1 N–H and O–H groups in total. The smallest absolute Gasteiger partial charge is 0.291 e. The zero-order valence-electron chi connectivity index (χ0n) is 14.4. The van der Waals surface area contributed by atoms with Crippen LogP contribution in [0.3, 0.4) is 0 Å². The molecule has 2 aliphatic rings. The first-order valence-electron chi connectivity index (χ1n) is 8.63. The van der Waals surface area contributed by atoms with Gasteiger partial charge in [-0.1, -0.05) is 23.2 Å². The van der Waals surface area contributed by atoms with E-state index in [4.69, 9.17) is 33.2 Å². The Morgan fingerprint density at radius 2 is 2.15 bits per heavy atom. The van der Waals surface area contributed by atoms with Gasteiger partial charge in [0.05, 0.1) is 28.1 Å². The van der Waals surface area contributed by atoms with E-state index in [0.717, 1.165) is 19.3 Å². The van der Waals surface area contributed by atoms with Crippen LogP contribution in [-0.2, 0) is 4.79 Å². The van der Waals surface area contributed by atoms with E-state index in [1.165, 1.54) is 12.1 Å². The standard InChI is InChI=1S/C17H18Cl2N4O4/c18-12-6-13(19)16(7-15(12)23(25)26)27-9-10-3-4-14(21-10)17(24)22-5-1-2-11(22)8-20/h6-7,10-11,14,21H,1-5,9H2/t10-,11+,14+/m1/s1. The number of likely N-dealkylation sites (tertiary alicyclic amines) is 1. The molecular formula is C17H18Cl2N4O4. The second kappa shape index (κ2) is 8.30. The lowest BCUT2D eigenvalue weighted by Gasteiger charge is -2.24. The SMILES string of the molecule is N#C[C@@H]1CCCN1C(=O)[C@@H]1CC[C@H](COc2cc([N+](=O)[O-])c(Cl)cc2Cl)N1. The van der Waals surface area contributed by atoms with Crippen molar-refractivity contribution < 1.29 is 14.5 Å². The van der Waals surface area contributed by atoms with Crippen LogP contribution in [0.2, 0.25) is 10.0 Å². The minimum Gasteiger partial charge on any atom is -0.490 e. The van der Waals surface area contributed by atoms with Gasteiger partial charge in [-0.25, -0.2) is 0 Å². The van der Waals surface area contributed by atoms with Crippen molar-refractivity contribution in [1.29, 1.82) is 5.26 Å². The quantitative estimate of drug-likeness (QED) is 0.587. The summed E-state index contributed by atoms with van der Waals surface area (Å²) in [7, 11) is 0. The summed E-state index contributed by atoms with van der Waals surface area (Å²) in [5, 5.41) is 23.5. The fourth-order valence-electron chi connectivity index (χ4n) is 3.47. The van der Waals surface area contributed by atoms with Crippen LogP contribution in [0.15, 0.2) is 12.1 Å². The Hall–Kier alpha value is -2.08. The van der Waals surface area contributed by atoms with Gasteiger partial charge < -0.3 is 9.64 Å². The van der Waals surface area contributed by atoms with Crippen LogP contribution >= 0.6 is 23.2 Å². The molecule has 1 aromatic carbocycles. The maximum Gasteiger partial charge on any atom is 0.291 e. The lowest BCUT2D eigenvalue weighted by Crippen LogP contribution is -2.47. The van der Waals surface area contributed by atoms with E-state index >= 15 is 0 Å². The third-order valence-corrected chi connectivity index (χ3v) is 5.46. The number of carbonyl (C=O) groups is 1. The maximum atomic E-state index is 12.6. The Morgan fingerprint density at radius 1 is 1.37 bits per heavy atom. The molecule has 0 unspecified atom stereocenters. The highest BCUT2D eigenvalue weighted by Gasteiger charge is 2.37. The van der Waals surface area contributed by atoms with Crippen molar-refractivity contribution >= 4 is 34.8 Å². The normalized spacial score (nSPS) is 24.6. The van der Waals surface area contributed by atoms with Gasteiger partial charge in [0, 0.05) is 12.6 Å². The molecule has 27 heavy (non-hydrogen) atoms. The Balaban J connectivity index is 1.58. The fraction of sp³-hybridized carbons (Fsp3) is 0.529. The molecule has 144 valence electrons. The summed E-state index contributed by atoms with van der Waals surface area (Å²) in [6, 6.07) is 3.87. The van der Waals surface area contributed by atoms with E-state index in [9.17, 15) is 14.9 Å². The number of carbonyl (C=O) groups excluding carboxylic acids is 1. The number of benzene rings is 1. The fourth-order valence-corrected chi connectivity index (χ4v) is 3.98. The lowest BCUT2D eigenvalue weighted by molar-refractivity contribution is -0.384. The summed E-state index contributed by atoms with van der Waals surface area (Å²) in [6.45, 7) is 0.824. The molecule has 10 heteroatoms. The summed E-state index contributed by atoms with van der Waals surface area (Å²) >= 11 is 11.8. The highest BCUT2D eigenvalue weighted by atomic mass is 35.5. The Bertz CT molecular complexity index is 798. The number of nitro groups is 1. The van der Waals surface area contributed by atoms with Gasteiger partial charge in [-0.05, 0) is 31.7 Å². The van der Waals surface area contributed by atoms with E-state index < -0.39 is 4.92 Å². The number of halogens is 2. The van der Waals surface area contributed by atoms with Crippen LogP contribution in [0.1, 0.15) is 25.7 Å². The Kier molecular flexibility index (Phi) is 6.05. The van der Waals surface area contributed by atoms with Crippen LogP contribution in [0.4, 0.5) is 5.69 Å². The minimum absolute atomic E-state index is 0.0540. The number of hydrogen-bond donors (Lipinski definition) is 1. The molecule has 2 saturated heterocycles. The lowest BCUT2D eigenvalue weighted by atomic mass is 10.1. The molecule has 3 atom stereocenters. The van der Waals surface area contributed by atoms with Crippen molar-refractivity contribution in [3.8, 4) is 11.8 Å². The molecule has 0 aliphatic carbocycles. The molecule has 2 fully saturated rings. The molecule has 1 amide bonds. The predicted octanol–water partition coefficient (Wildman–Crippen LogP) is 2.92. The second-order valence-corrected chi connectivity index (χ2v) is 7.43. The average Bonchev–Trinajstić information content (AvgIpc) is 3.29. The van der Waals surface area contributed by atoms with Gasteiger partial charge in [0.15, 0.2) is 0 Å². The number of rotatable bonds is 5. The summed E-state index contributed by atoms with van der Waals surface area (Å²) in [5.41, 5.74) is -0.278. The molecule has 0 bridgehead atoms. The molecule has 0 radical (unpaired) electrons. The summed E-state index contributed by atoms with van der Waals surface area (Å²) in [6.07, 6.45) is 2.93. The van der Waals surface area contributed by atoms with Crippen molar-refractivity contribution in [2.45, 2.75) is 43.8 Å². The highest BCUT2D eigenvalue weighted by molar-refractivity contribution is 6.36. The Labute approximate surface area is 166 Å². The van der Waals surface area contributed by atoms with Crippen LogP contribution < -0.4 is 10.1 Å². The third-order valence-electron chi connectivity index (χ3n) is 4.86. The largest absolute Gasteiger partial charge is 0.490 e. The number of ether oxygens (including phenoxy) is 1. The van der Waals surface area contributed by atoms with Gasteiger partial charge >= 0.3 is 0 Å². The Morgan fingerprint density at radius 3 is 2.85 bits per heavy atom. The number of hydrogen-bond acceptors (Lipinski definition) is 6. The first-order chi connectivity index (χ1) is 12.9. The van der Waals surface area contributed by atoms with Gasteiger partial charge in [-0.2, -0.15) is 5.26 Å². The van der Waals surface area contributed by atoms with Crippen molar-refractivity contribution in [2.24, 2.45) is 0 Å². The molecule has 8 nitrogen and oxygen atoms in total. The van der Waals surface area contributed by atoms with E-state index in [1.54, 1.807) is 4.90 Å². The van der Waals surface area contributed by atoms with Crippen LogP contribution in [0.25, 0.3) is 0 Å². The van der Waals surface area contributed by atoms with Crippen molar-refractivity contribution in [2.75, 3.05) is 13.2 Å². The molecule has 2 heterocycles. The van der Waals surface area contributed by atoms with Crippen LogP contribution in [0.5, 0.6) is 5.75 Å². The van der Waals surface area contributed by atoms with Gasteiger partial charge in [0.1, 0.15) is 23.4 Å². The maximum absolute atomic E-state index is 12.6. The summed E-state index contributed by atoms with van der Waals surface area (Å²) in [5.74, 6) is 0.121.